The van der Waals surface area contributed by atoms with Gasteiger partial charge in [-0.1, -0.05) is 54.6 Å². The van der Waals surface area contributed by atoms with E-state index in [2.05, 4.69) is 10.3 Å². The van der Waals surface area contributed by atoms with E-state index in [-0.39, 0.29) is 17.0 Å². The Morgan fingerprint density at radius 2 is 1.64 bits per heavy atom. The van der Waals surface area contributed by atoms with Gasteiger partial charge in [-0.15, -0.1) is 0 Å². The van der Waals surface area contributed by atoms with E-state index >= 15 is 0 Å². The third kappa shape index (κ3) is 4.78. The standard InChI is InChI=1S/C27H19N3O5S/c31-25-14-11-20-7-4-8-23(26(20)35-25)27(32)29-21-15-16-28-24(17-21)30(36(33)34)22-12-9-19(10-13-22)18-5-2-1-3-6-18/h1-17H,(H,33,34)(H,28,29,32). The van der Waals surface area contributed by atoms with Gasteiger partial charge in [-0.05, 0) is 41.5 Å². The van der Waals surface area contributed by atoms with Crippen molar-refractivity contribution < 1.29 is 18.0 Å². The topological polar surface area (TPSA) is 113 Å². The van der Waals surface area contributed by atoms with E-state index in [1.807, 2.05) is 42.5 Å². The van der Waals surface area contributed by atoms with Gasteiger partial charge in [0.2, 0.25) is 0 Å². The van der Waals surface area contributed by atoms with Crippen LogP contribution < -0.4 is 15.2 Å². The number of anilines is 3. The molecular formula is C27H19N3O5S. The van der Waals surface area contributed by atoms with Gasteiger partial charge in [-0.3, -0.25) is 9.35 Å². The maximum atomic E-state index is 13.0. The van der Waals surface area contributed by atoms with Crippen LogP contribution in [0.5, 0.6) is 0 Å². The molecule has 2 aromatic heterocycles. The number of hydrogen-bond donors (Lipinski definition) is 2. The fourth-order valence-electron chi connectivity index (χ4n) is 3.80. The van der Waals surface area contributed by atoms with Gasteiger partial charge >= 0.3 is 5.63 Å². The van der Waals surface area contributed by atoms with E-state index < -0.39 is 22.8 Å². The second-order valence-corrected chi connectivity index (χ2v) is 8.60. The van der Waals surface area contributed by atoms with Crippen molar-refractivity contribution in [3.05, 3.63) is 119 Å². The molecule has 3 aromatic carbocycles. The predicted octanol–water partition coefficient (Wildman–Crippen LogP) is 5.38. The first-order valence-electron chi connectivity index (χ1n) is 10.9. The Labute approximate surface area is 208 Å². The van der Waals surface area contributed by atoms with Crippen LogP contribution in [0.1, 0.15) is 10.4 Å². The number of hydrogen-bond acceptors (Lipinski definition) is 5. The van der Waals surface area contributed by atoms with Crippen molar-refractivity contribution in [2.75, 3.05) is 9.62 Å². The van der Waals surface area contributed by atoms with Crippen molar-refractivity contribution in [3.8, 4) is 11.1 Å². The van der Waals surface area contributed by atoms with Crippen LogP contribution in [0.4, 0.5) is 17.2 Å². The van der Waals surface area contributed by atoms with E-state index in [1.54, 1.807) is 42.5 Å². The molecule has 1 atom stereocenters. The average molecular weight is 498 g/mol. The van der Waals surface area contributed by atoms with Crippen molar-refractivity contribution >= 4 is 45.3 Å². The summed E-state index contributed by atoms with van der Waals surface area (Å²) in [6.45, 7) is 0. The summed E-state index contributed by atoms with van der Waals surface area (Å²) >= 11 is -2.43. The highest BCUT2D eigenvalue weighted by Gasteiger charge is 2.19. The molecule has 36 heavy (non-hydrogen) atoms. The Bertz CT molecular complexity index is 1640. The van der Waals surface area contributed by atoms with E-state index in [0.29, 0.717) is 16.8 Å². The van der Waals surface area contributed by atoms with Crippen LogP contribution in [0.15, 0.2) is 112 Å². The first-order chi connectivity index (χ1) is 17.5. The molecule has 0 aliphatic carbocycles. The molecule has 9 heteroatoms. The minimum Gasteiger partial charge on any atom is -0.422 e. The number of benzene rings is 3. The van der Waals surface area contributed by atoms with Crippen LogP contribution in [-0.2, 0) is 11.3 Å². The molecular weight excluding hydrogens is 478 g/mol. The summed E-state index contributed by atoms with van der Waals surface area (Å²) in [6.07, 6.45) is 1.42. The number of carbonyl (C=O) groups is 1. The molecule has 0 bridgehead atoms. The second-order valence-electron chi connectivity index (χ2n) is 7.77. The molecule has 2 N–H and O–H groups in total. The minimum atomic E-state index is -2.43. The number of para-hydroxylation sites is 1. The van der Waals surface area contributed by atoms with Gasteiger partial charge in [0.25, 0.3) is 17.2 Å². The quantitative estimate of drug-likeness (QED) is 0.241. The van der Waals surface area contributed by atoms with Crippen molar-refractivity contribution in [1.29, 1.82) is 0 Å². The number of nitrogens with zero attached hydrogens (tertiary/aromatic N) is 2. The van der Waals surface area contributed by atoms with Gasteiger partial charge in [0, 0.05) is 29.4 Å². The maximum Gasteiger partial charge on any atom is 0.336 e. The molecule has 1 amide bonds. The van der Waals surface area contributed by atoms with Crippen molar-refractivity contribution in [3.63, 3.8) is 0 Å². The summed E-state index contributed by atoms with van der Waals surface area (Å²) in [6, 6.07) is 27.8. The van der Waals surface area contributed by atoms with Gasteiger partial charge < -0.3 is 9.73 Å². The minimum absolute atomic E-state index is 0.158. The van der Waals surface area contributed by atoms with E-state index in [4.69, 9.17) is 4.42 Å². The number of nitrogens with one attached hydrogen (secondary N) is 1. The lowest BCUT2D eigenvalue weighted by Crippen LogP contribution is -2.21. The zero-order valence-electron chi connectivity index (χ0n) is 18.7. The van der Waals surface area contributed by atoms with Crippen LogP contribution in [0.25, 0.3) is 22.1 Å². The Morgan fingerprint density at radius 3 is 2.39 bits per heavy atom. The number of aromatic nitrogens is 1. The molecule has 5 aromatic rings. The van der Waals surface area contributed by atoms with Crippen molar-refractivity contribution in [1.82, 2.24) is 4.98 Å². The highest BCUT2D eigenvalue weighted by molar-refractivity contribution is 7.81. The van der Waals surface area contributed by atoms with Crippen LogP contribution in [0.2, 0.25) is 0 Å². The lowest BCUT2D eigenvalue weighted by Gasteiger charge is -2.20. The van der Waals surface area contributed by atoms with Gasteiger partial charge in [-0.25, -0.2) is 18.3 Å². The molecule has 0 aliphatic rings. The molecule has 8 nitrogen and oxygen atoms in total. The SMILES string of the molecule is O=C(Nc1ccnc(N(c2ccc(-c3ccccc3)cc2)S(=O)O)c1)c1cccc2ccc(=O)oc12. The smallest absolute Gasteiger partial charge is 0.336 e. The summed E-state index contributed by atoms with van der Waals surface area (Å²) in [5.41, 5.74) is 2.56. The van der Waals surface area contributed by atoms with Gasteiger partial charge in [-0.2, -0.15) is 0 Å². The normalized spacial score (nSPS) is 11.7. The van der Waals surface area contributed by atoms with Crippen LogP contribution >= 0.6 is 0 Å². The number of pyridine rings is 1. The molecule has 2 heterocycles. The van der Waals surface area contributed by atoms with Gasteiger partial charge in [0.1, 0.15) is 5.82 Å². The highest BCUT2D eigenvalue weighted by atomic mass is 32.2. The fraction of sp³-hybridized carbons (Fsp3) is 0. The zero-order valence-corrected chi connectivity index (χ0v) is 19.5. The fourth-order valence-corrected chi connectivity index (χ4v) is 4.36. The molecule has 0 fully saturated rings. The molecule has 0 spiro atoms. The molecule has 5 rings (SSSR count). The monoisotopic (exact) mass is 497 g/mol. The highest BCUT2D eigenvalue weighted by Crippen LogP contribution is 2.30. The molecule has 0 radical (unpaired) electrons. The molecule has 0 aliphatic heterocycles. The van der Waals surface area contributed by atoms with Crippen molar-refractivity contribution in [2.45, 2.75) is 0 Å². The Balaban J connectivity index is 1.43. The largest absolute Gasteiger partial charge is 0.422 e. The summed E-state index contributed by atoms with van der Waals surface area (Å²) < 4.78 is 28.7. The van der Waals surface area contributed by atoms with Crippen molar-refractivity contribution in [2.24, 2.45) is 0 Å². The molecule has 178 valence electrons. The van der Waals surface area contributed by atoms with Gasteiger partial charge in [0.15, 0.2) is 5.58 Å². The van der Waals surface area contributed by atoms with E-state index in [9.17, 15) is 18.4 Å². The third-order valence-corrected chi connectivity index (χ3v) is 6.18. The number of amides is 1. The molecule has 0 saturated heterocycles. The first-order valence-corrected chi connectivity index (χ1v) is 11.9. The summed E-state index contributed by atoms with van der Waals surface area (Å²) in [7, 11) is 0. The summed E-state index contributed by atoms with van der Waals surface area (Å²) in [5.74, 6) is -0.346. The van der Waals surface area contributed by atoms with Gasteiger partial charge in [0.05, 0.1) is 11.3 Å². The molecule has 1 unspecified atom stereocenters. The van der Waals surface area contributed by atoms with Crippen LogP contribution in [0, 0.1) is 0 Å². The lowest BCUT2D eigenvalue weighted by atomic mass is 10.1. The Hall–Kier alpha value is -4.60. The lowest BCUT2D eigenvalue weighted by molar-refractivity contribution is 0.102. The van der Waals surface area contributed by atoms with Crippen LogP contribution in [0.3, 0.4) is 0 Å². The zero-order chi connectivity index (χ0) is 25.1. The number of fused-ring (bicyclic) bond motifs is 1. The summed E-state index contributed by atoms with van der Waals surface area (Å²) in [5, 5.41) is 3.35. The predicted molar refractivity (Wildman–Crippen MR) is 139 cm³/mol. The van der Waals surface area contributed by atoms with E-state index in [0.717, 1.165) is 15.4 Å². The number of rotatable bonds is 6. The molecule has 0 saturated carbocycles. The third-order valence-electron chi connectivity index (χ3n) is 5.47. The summed E-state index contributed by atoms with van der Waals surface area (Å²) in [4.78, 5) is 28.9. The average Bonchev–Trinajstić information content (AvgIpc) is 2.89. The Kier molecular flexibility index (Phi) is 6.40. The second kappa shape index (κ2) is 9.95. The van der Waals surface area contributed by atoms with E-state index in [1.165, 1.54) is 18.3 Å². The number of carbonyl (C=O) groups excluding carboxylic acids is 1. The first kappa shape index (κ1) is 23.2. The van der Waals surface area contributed by atoms with Crippen LogP contribution in [-0.4, -0.2) is 19.7 Å². The Morgan fingerprint density at radius 1 is 0.889 bits per heavy atom. The maximum absolute atomic E-state index is 13.0.